The maximum absolute atomic E-state index is 12.8. The van der Waals surface area contributed by atoms with Crippen molar-refractivity contribution in [1.29, 1.82) is 0 Å². The smallest absolute Gasteiger partial charge is 0.369 e. The van der Waals surface area contributed by atoms with Gasteiger partial charge in [0.2, 0.25) is 10.0 Å². The molecule has 12 heteroatoms. The van der Waals surface area contributed by atoms with E-state index in [2.05, 4.69) is 30.3 Å². The minimum Gasteiger partial charge on any atom is -0.369 e. The number of hydrogen-bond donors (Lipinski definition) is 3. The lowest BCUT2D eigenvalue weighted by Crippen LogP contribution is -2.29. The predicted molar refractivity (Wildman–Crippen MR) is 109 cm³/mol. The molecule has 0 aliphatic carbocycles. The van der Waals surface area contributed by atoms with Gasteiger partial charge in [0.05, 0.1) is 10.5 Å². The molecule has 3 rings (SSSR count). The Labute approximate surface area is 177 Å². The van der Waals surface area contributed by atoms with Crippen LogP contribution in [0.25, 0.3) is 0 Å². The maximum Gasteiger partial charge on any atom is 0.416 e. The molecular formula is C19H19F3N6O2S. The van der Waals surface area contributed by atoms with E-state index in [1.807, 2.05) is 6.07 Å². The van der Waals surface area contributed by atoms with Crippen LogP contribution in [0.4, 0.5) is 30.6 Å². The number of sulfonamides is 1. The Morgan fingerprint density at radius 1 is 0.935 bits per heavy atom. The average Bonchev–Trinajstić information content (AvgIpc) is 2.71. The highest BCUT2D eigenvalue weighted by Gasteiger charge is 2.31. The number of rotatable bonds is 8. The number of alkyl halides is 3. The maximum atomic E-state index is 12.8. The molecule has 2 heterocycles. The first-order valence-corrected chi connectivity index (χ1v) is 10.6. The van der Waals surface area contributed by atoms with Crippen LogP contribution in [-0.2, 0) is 16.2 Å². The van der Waals surface area contributed by atoms with Gasteiger partial charge >= 0.3 is 6.18 Å². The van der Waals surface area contributed by atoms with Gasteiger partial charge in [-0.2, -0.15) is 13.2 Å². The lowest BCUT2D eigenvalue weighted by Gasteiger charge is -2.12. The zero-order valence-electron chi connectivity index (χ0n) is 16.3. The standard InChI is InChI=1S/C19H19F3N6O2S/c1-13-26-17(12-18(27-13)28-16-7-2-3-8-23-16)24-9-10-25-31(29,30)15-6-4-5-14(11-15)19(20,21)22/h2-8,11-12,25H,9-10H2,1H3,(H2,23,24,26,27,28). The summed E-state index contributed by atoms with van der Waals surface area (Å²) in [6.07, 6.45) is -3.00. The number of nitrogens with one attached hydrogen (secondary N) is 3. The average molecular weight is 452 g/mol. The summed E-state index contributed by atoms with van der Waals surface area (Å²) < 4.78 is 65.3. The number of pyridine rings is 1. The lowest BCUT2D eigenvalue weighted by atomic mass is 10.2. The summed E-state index contributed by atoms with van der Waals surface area (Å²) in [5.74, 6) is 2.02. The highest BCUT2D eigenvalue weighted by molar-refractivity contribution is 7.89. The molecule has 0 unspecified atom stereocenters. The zero-order valence-corrected chi connectivity index (χ0v) is 17.1. The Bertz CT molecular complexity index is 1140. The van der Waals surface area contributed by atoms with Crippen molar-refractivity contribution in [3.8, 4) is 0 Å². The fourth-order valence-electron chi connectivity index (χ4n) is 2.59. The van der Waals surface area contributed by atoms with Gasteiger partial charge < -0.3 is 10.6 Å². The van der Waals surface area contributed by atoms with Gasteiger partial charge in [0, 0.05) is 25.4 Å². The Kier molecular flexibility index (Phi) is 6.71. The van der Waals surface area contributed by atoms with Gasteiger partial charge in [0.25, 0.3) is 0 Å². The molecule has 0 spiro atoms. The van der Waals surface area contributed by atoms with Crippen molar-refractivity contribution in [3.63, 3.8) is 0 Å². The minimum atomic E-state index is -4.63. The van der Waals surface area contributed by atoms with Gasteiger partial charge in [-0.25, -0.2) is 28.1 Å². The van der Waals surface area contributed by atoms with Gasteiger partial charge in [-0.15, -0.1) is 0 Å². The van der Waals surface area contributed by atoms with E-state index in [9.17, 15) is 21.6 Å². The first-order chi connectivity index (χ1) is 14.6. The summed E-state index contributed by atoms with van der Waals surface area (Å²) in [6.45, 7) is 1.79. The van der Waals surface area contributed by atoms with E-state index in [0.717, 1.165) is 18.2 Å². The van der Waals surface area contributed by atoms with Crippen molar-refractivity contribution in [1.82, 2.24) is 19.7 Å². The topological polar surface area (TPSA) is 109 Å². The van der Waals surface area contributed by atoms with Crippen LogP contribution >= 0.6 is 0 Å². The molecule has 0 bridgehead atoms. The second-order valence-electron chi connectivity index (χ2n) is 6.38. The van der Waals surface area contributed by atoms with Crippen molar-refractivity contribution < 1.29 is 21.6 Å². The number of aryl methyl sites for hydroxylation is 1. The van der Waals surface area contributed by atoms with Crippen molar-refractivity contribution in [2.45, 2.75) is 18.0 Å². The first kappa shape index (κ1) is 22.4. The fourth-order valence-corrected chi connectivity index (χ4v) is 3.67. The molecule has 164 valence electrons. The third-order valence-electron chi connectivity index (χ3n) is 3.95. The lowest BCUT2D eigenvalue weighted by molar-refractivity contribution is -0.137. The SMILES string of the molecule is Cc1nc(NCCNS(=O)(=O)c2cccc(C(F)(F)F)c2)cc(Nc2ccccn2)n1. The molecule has 1 aromatic carbocycles. The third kappa shape index (κ3) is 6.36. The van der Waals surface area contributed by atoms with Crippen LogP contribution in [0.1, 0.15) is 11.4 Å². The summed E-state index contributed by atoms with van der Waals surface area (Å²) >= 11 is 0. The zero-order chi connectivity index (χ0) is 22.5. The molecule has 0 fully saturated rings. The third-order valence-corrected chi connectivity index (χ3v) is 5.41. The van der Waals surface area contributed by atoms with Gasteiger partial charge in [-0.05, 0) is 37.3 Å². The number of aromatic nitrogens is 3. The summed E-state index contributed by atoms with van der Waals surface area (Å²) in [4.78, 5) is 12.2. The van der Waals surface area contributed by atoms with Crippen molar-refractivity contribution in [3.05, 3.63) is 66.1 Å². The summed E-state index contributed by atoms with van der Waals surface area (Å²) in [6, 6.07) is 10.6. The van der Waals surface area contributed by atoms with Crippen LogP contribution in [-0.4, -0.2) is 36.5 Å². The monoisotopic (exact) mass is 452 g/mol. The molecule has 0 saturated heterocycles. The number of hydrogen-bond acceptors (Lipinski definition) is 7. The second-order valence-corrected chi connectivity index (χ2v) is 8.14. The van der Waals surface area contributed by atoms with Crippen molar-refractivity contribution in [2.75, 3.05) is 23.7 Å². The Balaban J connectivity index is 1.59. The number of anilines is 3. The molecule has 31 heavy (non-hydrogen) atoms. The van der Waals surface area contributed by atoms with Gasteiger partial charge in [0.1, 0.15) is 23.3 Å². The van der Waals surface area contributed by atoms with Crippen molar-refractivity contribution >= 4 is 27.5 Å². The number of halogens is 3. The van der Waals surface area contributed by atoms with Crippen LogP contribution in [0.3, 0.4) is 0 Å². The molecule has 0 amide bonds. The van der Waals surface area contributed by atoms with Crippen LogP contribution < -0.4 is 15.4 Å². The Morgan fingerprint density at radius 3 is 2.42 bits per heavy atom. The largest absolute Gasteiger partial charge is 0.416 e. The quantitative estimate of drug-likeness (QED) is 0.450. The molecule has 3 N–H and O–H groups in total. The van der Waals surface area contributed by atoms with E-state index in [1.54, 1.807) is 31.3 Å². The van der Waals surface area contributed by atoms with E-state index in [-0.39, 0.29) is 13.1 Å². The normalized spacial score (nSPS) is 11.9. The number of nitrogens with zero attached hydrogens (tertiary/aromatic N) is 3. The summed E-state index contributed by atoms with van der Waals surface area (Å²) in [5.41, 5.74) is -1.03. The molecule has 0 saturated carbocycles. The summed E-state index contributed by atoms with van der Waals surface area (Å²) in [5, 5.41) is 5.99. The van der Waals surface area contributed by atoms with Crippen LogP contribution in [0, 0.1) is 6.92 Å². The Hall–Kier alpha value is -3.25. The van der Waals surface area contributed by atoms with Crippen LogP contribution in [0.2, 0.25) is 0 Å². The predicted octanol–water partition coefficient (Wildman–Crippen LogP) is 3.33. The molecule has 0 aliphatic rings. The molecule has 0 aliphatic heterocycles. The number of benzene rings is 1. The highest BCUT2D eigenvalue weighted by atomic mass is 32.2. The van der Waals surface area contributed by atoms with E-state index in [0.29, 0.717) is 29.3 Å². The molecule has 2 aromatic heterocycles. The second kappa shape index (κ2) is 9.27. The minimum absolute atomic E-state index is 0.0648. The molecule has 0 radical (unpaired) electrons. The first-order valence-electron chi connectivity index (χ1n) is 9.08. The van der Waals surface area contributed by atoms with Crippen LogP contribution in [0.5, 0.6) is 0 Å². The van der Waals surface area contributed by atoms with E-state index >= 15 is 0 Å². The van der Waals surface area contributed by atoms with E-state index < -0.39 is 26.7 Å². The highest BCUT2D eigenvalue weighted by Crippen LogP contribution is 2.30. The molecule has 3 aromatic rings. The fraction of sp³-hybridized carbons (Fsp3) is 0.211. The van der Waals surface area contributed by atoms with Gasteiger partial charge in [0.15, 0.2) is 0 Å². The van der Waals surface area contributed by atoms with E-state index in [4.69, 9.17) is 0 Å². The van der Waals surface area contributed by atoms with Crippen LogP contribution in [0.15, 0.2) is 59.6 Å². The van der Waals surface area contributed by atoms with Gasteiger partial charge in [-0.3, -0.25) is 0 Å². The Morgan fingerprint density at radius 2 is 1.71 bits per heavy atom. The van der Waals surface area contributed by atoms with Crippen molar-refractivity contribution in [2.24, 2.45) is 0 Å². The molecular weight excluding hydrogens is 433 g/mol. The molecule has 8 nitrogen and oxygen atoms in total. The molecule has 0 atom stereocenters. The van der Waals surface area contributed by atoms with E-state index in [1.165, 1.54) is 0 Å². The summed E-state index contributed by atoms with van der Waals surface area (Å²) in [7, 11) is -4.10. The van der Waals surface area contributed by atoms with Gasteiger partial charge in [-0.1, -0.05) is 12.1 Å².